The molecule has 0 aliphatic rings. The molecule has 1 atom stereocenters. The highest BCUT2D eigenvalue weighted by atomic mass is 16.5. The number of hydrogen-bond donors (Lipinski definition) is 2. The maximum atomic E-state index is 11.3. The number of carbonyl (C=O) groups is 1. The number of ether oxygens (including phenoxy) is 1. The maximum absolute atomic E-state index is 11.3. The van der Waals surface area contributed by atoms with E-state index in [9.17, 15) is 4.79 Å². The van der Waals surface area contributed by atoms with E-state index in [1.54, 1.807) is 0 Å². The summed E-state index contributed by atoms with van der Waals surface area (Å²) < 4.78 is 4.79. The van der Waals surface area contributed by atoms with E-state index in [1.165, 1.54) is 7.11 Å². The zero-order valence-corrected chi connectivity index (χ0v) is 9.59. The average Bonchev–Trinajstić information content (AvgIpc) is 2.02. The summed E-state index contributed by atoms with van der Waals surface area (Å²) in [6.45, 7) is 7.33. The Bertz CT molecular complexity index is 175. The SMILES string of the molecule is COCC(N)C(=O)NCCC(C)(C)C. The number of rotatable bonds is 5. The van der Waals surface area contributed by atoms with Gasteiger partial charge in [0.25, 0.3) is 0 Å². The Balaban J connectivity index is 3.64. The van der Waals surface area contributed by atoms with Crippen LogP contribution in [0.5, 0.6) is 0 Å². The van der Waals surface area contributed by atoms with Crippen molar-refractivity contribution in [1.29, 1.82) is 0 Å². The fourth-order valence-corrected chi connectivity index (χ4v) is 0.947. The average molecular weight is 202 g/mol. The topological polar surface area (TPSA) is 64.3 Å². The second-order valence-corrected chi connectivity index (χ2v) is 4.66. The normalized spacial score (nSPS) is 13.8. The van der Waals surface area contributed by atoms with Gasteiger partial charge in [0.15, 0.2) is 0 Å². The number of nitrogens with one attached hydrogen (secondary N) is 1. The van der Waals surface area contributed by atoms with Gasteiger partial charge in [-0.2, -0.15) is 0 Å². The van der Waals surface area contributed by atoms with Crippen molar-refractivity contribution in [2.45, 2.75) is 33.2 Å². The Hall–Kier alpha value is -0.610. The first kappa shape index (κ1) is 13.4. The van der Waals surface area contributed by atoms with Gasteiger partial charge in [-0.25, -0.2) is 0 Å². The Morgan fingerprint density at radius 1 is 1.50 bits per heavy atom. The van der Waals surface area contributed by atoms with Gasteiger partial charge in [0.2, 0.25) is 5.91 Å². The molecule has 0 saturated carbocycles. The van der Waals surface area contributed by atoms with Crippen LogP contribution in [0.1, 0.15) is 27.2 Å². The molecule has 0 aliphatic carbocycles. The van der Waals surface area contributed by atoms with Crippen LogP contribution in [0.15, 0.2) is 0 Å². The van der Waals surface area contributed by atoms with E-state index < -0.39 is 6.04 Å². The molecule has 3 N–H and O–H groups in total. The zero-order valence-electron chi connectivity index (χ0n) is 9.59. The third-order valence-corrected chi connectivity index (χ3v) is 1.86. The third-order valence-electron chi connectivity index (χ3n) is 1.86. The Kier molecular flexibility index (Phi) is 5.72. The van der Waals surface area contributed by atoms with Crippen molar-refractivity contribution in [3.05, 3.63) is 0 Å². The molecule has 0 fully saturated rings. The Morgan fingerprint density at radius 2 is 2.07 bits per heavy atom. The van der Waals surface area contributed by atoms with Crippen molar-refractivity contribution < 1.29 is 9.53 Å². The van der Waals surface area contributed by atoms with E-state index in [0.29, 0.717) is 6.54 Å². The van der Waals surface area contributed by atoms with Gasteiger partial charge in [0, 0.05) is 13.7 Å². The molecule has 4 heteroatoms. The van der Waals surface area contributed by atoms with Crippen LogP contribution in [-0.4, -0.2) is 32.2 Å². The zero-order chi connectivity index (χ0) is 11.2. The summed E-state index contributed by atoms with van der Waals surface area (Å²) in [6, 6.07) is -0.556. The lowest BCUT2D eigenvalue weighted by Crippen LogP contribution is -2.44. The maximum Gasteiger partial charge on any atom is 0.239 e. The summed E-state index contributed by atoms with van der Waals surface area (Å²) in [5.74, 6) is -0.142. The standard InChI is InChI=1S/C10H22N2O2/c1-10(2,3)5-6-12-9(13)8(11)7-14-4/h8H,5-7,11H2,1-4H3,(H,12,13). The van der Waals surface area contributed by atoms with Gasteiger partial charge < -0.3 is 15.8 Å². The molecule has 0 aromatic carbocycles. The summed E-state index contributed by atoms with van der Waals surface area (Å²) in [4.78, 5) is 11.3. The summed E-state index contributed by atoms with van der Waals surface area (Å²) in [7, 11) is 1.53. The minimum atomic E-state index is -0.556. The Morgan fingerprint density at radius 3 is 2.50 bits per heavy atom. The number of nitrogens with two attached hydrogens (primary N) is 1. The van der Waals surface area contributed by atoms with Gasteiger partial charge >= 0.3 is 0 Å². The molecule has 1 amide bonds. The molecule has 0 saturated heterocycles. The van der Waals surface area contributed by atoms with E-state index >= 15 is 0 Å². The molecule has 0 spiro atoms. The van der Waals surface area contributed by atoms with E-state index in [1.807, 2.05) is 0 Å². The first-order valence-electron chi connectivity index (χ1n) is 4.89. The molecule has 0 radical (unpaired) electrons. The molecule has 0 heterocycles. The highest BCUT2D eigenvalue weighted by Gasteiger charge is 2.14. The molecule has 1 unspecified atom stereocenters. The van der Waals surface area contributed by atoms with Crippen molar-refractivity contribution in [3.8, 4) is 0 Å². The van der Waals surface area contributed by atoms with E-state index in [2.05, 4.69) is 26.1 Å². The second-order valence-electron chi connectivity index (χ2n) is 4.66. The molecule has 0 aromatic rings. The number of hydrogen-bond acceptors (Lipinski definition) is 3. The third kappa shape index (κ3) is 6.86. The van der Waals surface area contributed by atoms with Crippen LogP contribution in [0.4, 0.5) is 0 Å². The van der Waals surface area contributed by atoms with Gasteiger partial charge in [-0.3, -0.25) is 4.79 Å². The van der Waals surface area contributed by atoms with Crippen molar-refractivity contribution in [1.82, 2.24) is 5.32 Å². The van der Waals surface area contributed by atoms with E-state index in [4.69, 9.17) is 10.5 Å². The van der Waals surface area contributed by atoms with E-state index in [0.717, 1.165) is 6.42 Å². The molecule has 84 valence electrons. The molecular weight excluding hydrogens is 180 g/mol. The molecular formula is C10H22N2O2. The lowest BCUT2D eigenvalue weighted by Gasteiger charge is -2.19. The highest BCUT2D eigenvalue weighted by molar-refractivity contribution is 5.81. The summed E-state index contributed by atoms with van der Waals surface area (Å²) >= 11 is 0. The van der Waals surface area contributed by atoms with Crippen LogP contribution < -0.4 is 11.1 Å². The second kappa shape index (κ2) is 5.98. The minimum absolute atomic E-state index is 0.142. The van der Waals surface area contributed by atoms with Crippen molar-refractivity contribution in [2.24, 2.45) is 11.1 Å². The van der Waals surface area contributed by atoms with Gasteiger partial charge in [-0.05, 0) is 11.8 Å². The first-order valence-corrected chi connectivity index (χ1v) is 4.89. The van der Waals surface area contributed by atoms with Gasteiger partial charge in [0.05, 0.1) is 6.61 Å². The van der Waals surface area contributed by atoms with Crippen molar-refractivity contribution in [2.75, 3.05) is 20.3 Å². The predicted octanol–water partition coefficient (Wildman–Crippen LogP) is 0.513. The fourth-order valence-electron chi connectivity index (χ4n) is 0.947. The minimum Gasteiger partial charge on any atom is -0.383 e. The van der Waals surface area contributed by atoms with E-state index in [-0.39, 0.29) is 17.9 Å². The molecule has 4 nitrogen and oxygen atoms in total. The quantitative estimate of drug-likeness (QED) is 0.683. The monoisotopic (exact) mass is 202 g/mol. The van der Waals surface area contributed by atoms with Crippen molar-refractivity contribution >= 4 is 5.91 Å². The van der Waals surface area contributed by atoms with Crippen LogP contribution in [0.2, 0.25) is 0 Å². The van der Waals surface area contributed by atoms with Crippen LogP contribution in [0, 0.1) is 5.41 Å². The highest BCUT2D eigenvalue weighted by Crippen LogP contribution is 2.16. The van der Waals surface area contributed by atoms with Gasteiger partial charge in [-0.1, -0.05) is 20.8 Å². The van der Waals surface area contributed by atoms with Crippen LogP contribution in [0.25, 0.3) is 0 Å². The summed E-state index contributed by atoms with van der Waals surface area (Å²) in [6.07, 6.45) is 0.943. The van der Waals surface area contributed by atoms with Gasteiger partial charge in [-0.15, -0.1) is 0 Å². The van der Waals surface area contributed by atoms with Crippen LogP contribution in [-0.2, 0) is 9.53 Å². The van der Waals surface area contributed by atoms with Crippen molar-refractivity contribution in [3.63, 3.8) is 0 Å². The van der Waals surface area contributed by atoms with Crippen LogP contribution in [0.3, 0.4) is 0 Å². The largest absolute Gasteiger partial charge is 0.383 e. The number of methoxy groups -OCH3 is 1. The molecule has 0 aliphatic heterocycles. The number of carbonyl (C=O) groups excluding carboxylic acids is 1. The first-order chi connectivity index (χ1) is 6.37. The lowest BCUT2D eigenvalue weighted by atomic mass is 9.92. The summed E-state index contributed by atoms with van der Waals surface area (Å²) in [5.41, 5.74) is 5.78. The smallest absolute Gasteiger partial charge is 0.239 e. The predicted molar refractivity (Wildman–Crippen MR) is 56.9 cm³/mol. The Labute approximate surface area is 86.2 Å². The number of amides is 1. The molecule has 14 heavy (non-hydrogen) atoms. The van der Waals surface area contributed by atoms with Crippen LogP contribution >= 0.6 is 0 Å². The summed E-state index contributed by atoms with van der Waals surface area (Å²) in [5, 5.41) is 2.78. The molecule has 0 aromatic heterocycles. The lowest BCUT2D eigenvalue weighted by molar-refractivity contribution is -0.123. The van der Waals surface area contributed by atoms with Gasteiger partial charge in [0.1, 0.15) is 6.04 Å². The molecule has 0 rings (SSSR count). The molecule has 0 bridgehead atoms. The fraction of sp³-hybridized carbons (Fsp3) is 0.900.